The molecule has 1 N–H and O–H groups in total. The molecule has 2 nitrogen and oxygen atoms in total. The van der Waals surface area contributed by atoms with Crippen LogP contribution < -0.4 is 5.32 Å². The summed E-state index contributed by atoms with van der Waals surface area (Å²) >= 11 is 3.44. The summed E-state index contributed by atoms with van der Waals surface area (Å²) in [4.78, 5) is 12.5. The van der Waals surface area contributed by atoms with Gasteiger partial charge in [-0.05, 0) is 61.1 Å². The van der Waals surface area contributed by atoms with Crippen LogP contribution in [-0.2, 0) is 11.2 Å². The van der Waals surface area contributed by atoms with Gasteiger partial charge in [0, 0.05) is 10.2 Å². The van der Waals surface area contributed by atoms with Gasteiger partial charge in [-0.25, -0.2) is 0 Å². The largest absolute Gasteiger partial charge is 0.325 e. The lowest BCUT2D eigenvalue weighted by Gasteiger charge is -2.15. The minimum atomic E-state index is -0.175. The minimum Gasteiger partial charge on any atom is -0.325 e. The zero-order valence-corrected chi connectivity index (χ0v) is 15.8. The smallest absolute Gasteiger partial charge is 0.231 e. The van der Waals surface area contributed by atoms with E-state index in [1.807, 2.05) is 32.0 Å². The average Bonchev–Trinajstić information content (AvgIpc) is 2.49. The maximum atomic E-state index is 12.5. The fourth-order valence-corrected chi connectivity index (χ4v) is 3.05. The van der Waals surface area contributed by atoms with Crippen molar-refractivity contribution in [3.8, 4) is 0 Å². The second kappa shape index (κ2) is 7.78. The summed E-state index contributed by atoms with van der Waals surface area (Å²) < 4.78 is 1.02. The molecule has 0 saturated heterocycles. The maximum Gasteiger partial charge on any atom is 0.231 e. The van der Waals surface area contributed by atoms with Crippen LogP contribution in [0.4, 0.5) is 5.69 Å². The summed E-state index contributed by atoms with van der Waals surface area (Å²) in [5.74, 6) is 0.486. The molecule has 23 heavy (non-hydrogen) atoms. The van der Waals surface area contributed by atoms with Gasteiger partial charge in [0.05, 0.1) is 5.92 Å². The summed E-state index contributed by atoms with van der Waals surface area (Å²) in [6.07, 6.45) is 1.07. The van der Waals surface area contributed by atoms with E-state index in [9.17, 15) is 4.79 Å². The van der Waals surface area contributed by atoms with E-state index in [0.717, 1.165) is 27.7 Å². The van der Waals surface area contributed by atoms with Crippen LogP contribution in [0.5, 0.6) is 0 Å². The standard InChI is InChI=1S/C20H24BrNO/c1-13(2)11-16-5-7-17(8-6-16)15(4)20(23)22-19-10-9-18(21)12-14(19)3/h5-10,12-13,15H,11H2,1-4H3,(H,22,23)/t15-/m0/s1. The molecule has 1 amide bonds. The molecule has 122 valence electrons. The molecule has 1 atom stereocenters. The van der Waals surface area contributed by atoms with E-state index in [1.54, 1.807) is 0 Å². The normalized spacial score (nSPS) is 12.3. The van der Waals surface area contributed by atoms with Crippen molar-refractivity contribution in [2.24, 2.45) is 5.92 Å². The molecular weight excluding hydrogens is 350 g/mol. The predicted octanol–water partition coefficient (Wildman–Crippen LogP) is 5.70. The topological polar surface area (TPSA) is 29.1 Å². The number of aryl methyl sites for hydroxylation is 1. The lowest BCUT2D eigenvalue weighted by molar-refractivity contribution is -0.117. The first-order valence-electron chi connectivity index (χ1n) is 8.02. The average molecular weight is 374 g/mol. The molecule has 0 unspecified atom stereocenters. The third kappa shape index (κ3) is 4.93. The van der Waals surface area contributed by atoms with Crippen molar-refractivity contribution in [1.82, 2.24) is 0 Å². The molecule has 0 radical (unpaired) electrons. The Morgan fingerprint density at radius 2 is 1.74 bits per heavy atom. The molecule has 2 rings (SSSR count). The number of nitrogens with one attached hydrogen (secondary N) is 1. The lowest BCUT2D eigenvalue weighted by Crippen LogP contribution is -2.19. The SMILES string of the molecule is Cc1cc(Br)ccc1NC(=O)[C@@H](C)c1ccc(CC(C)C)cc1. The highest BCUT2D eigenvalue weighted by atomic mass is 79.9. The molecule has 2 aromatic carbocycles. The molecule has 0 saturated carbocycles. The Morgan fingerprint density at radius 1 is 1.09 bits per heavy atom. The molecule has 0 spiro atoms. The van der Waals surface area contributed by atoms with Crippen molar-refractivity contribution in [2.45, 2.75) is 40.0 Å². The highest BCUT2D eigenvalue weighted by Gasteiger charge is 2.16. The van der Waals surface area contributed by atoms with E-state index >= 15 is 0 Å². The monoisotopic (exact) mass is 373 g/mol. The van der Waals surface area contributed by atoms with E-state index in [1.165, 1.54) is 5.56 Å². The van der Waals surface area contributed by atoms with Crippen molar-refractivity contribution >= 4 is 27.5 Å². The fraction of sp³-hybridized carbons (Fsp3) is 0.350. The van der Waals surface area contributed by atoms with E-state index in [4.69, 9.17) is 0 Å². The van der Waals surface area contributed by atoms with Crippen molar-refractivity contribution in [2.75, 3.05) is 5.32 Å². The predicted molar refractivity (Wildman–Crippen MR) is 101 cm³/mol. The third-order valence-electron chi connectivity index (χ3n) is 3.96. The Kier molecular flexibility index (Phi) is 6.00. The first-order chi connectivity index (χ1) is 10.9. The van der Waals surface area contributed by atoms with Crippen LogP contribution in [0.15, 0.2) is 46.9 Å². The van der Waals surface area contributed by atoms with Gasteiger partial charge in [0.2, 0.25) is 5.91 Å². The number of carbonyl (C=O) groups is 1. The Labute approximate surface area is 147 Å². The van der Waals surface area contributed by atoms with E-state index in [-0.39, 0.29) is 11.8 Å². The molecule has 0 aliphatic carbocycles. The quantitative estimate of drug-likeness (QED) is 0.715. The van der Waals surface area contributed by atoms with Crippen LogP contribution in [0.2, 0.25) is 0 Å². The van der Waals surface area contributed by atoms with Crippen LogP contribution in [0.1, 0.15) is 43.4 Å². The fourth-order valence-electron chi connectivity index (χ4n) is 2.57. The summed E-state index contributed by atoms with van der Waals surface area (Å²) in [5, 5.41) is 3.02. The zero-order chi connectivity index (χ0) is 17.0. The van der Waals surface area contributed by atoms with Crippen molar-refractivity contribution in [3.63, 3.8) is 0 Å². The molecule has 0 fully saturated rings. The first kappa shape index (κ1) is 17.7. The molecule has 0 heterocycles. The molecule has 0 aliphatic heterocycles. The number of rotatable bonds is 5. The number of hydrogen-bond donors (Lipinski definition) is 1. The minimum absolute atomic E-state index is 0.0204. The summed E-state index contributed by atoms with van der Waals surface area (Å²) in [6.45, 7) is 8.36. The molecule has 3 heteroatoms. The molecule has 0 aliphatic rings. The van der Waals surface area contributed by atoms with Gasteiger partial charge in [0.25, 0.3) is 0 Å². The first-order valence-corrected chi connectivity index (χ1v) is 8.82. The van der Waals surface area contributed by atoms with Crippen molar-refractivity contribution in [3.05, 3.63) is 63.6 Å². The van der Waals surface area contributed by atoms with Gasteiger partial charge in [-0.2, -0.15) is 0 Å². The molecule has 0 bridgehead atoms. The van der Waals surface area contributed by atoms with Gasteiger partial charge in [0.15, 0.2) is 0 Å². The van der Waals surface area contributed by atoms with E-state index in [0.29, 0.717) is 5.92 Å². The van der Waals surface area contributed by atoms with Crippen LogP contribution >= 0.6 is 15.9 Å². The Morgan fingerprint density at radius 3 is 2.30 bits per heavy atom. The van der Waals surface area contributed by atoms with Crippen LogP contribution in [-0.4, -0.2) is 5.91 Å². The molecular formula is C20H24BrNO. The Hall–Kier alpha value is -1.61. The van der Waals surface area contributed by atoms with Gasteiger partial charge in [-0.15, -0.1) is 0 Å². The van der Waals surface area contributed by atoms with Crippen molar-refractivity contribution in [1.29, 1.82) is 0 Å². The maximum absolute atomic E-state index is 12.5. The second-order valence-corrected chi connectivity index (χ2v) is 7.43. The number of hydrogen-bond acceptors (Lipinski definition) is 1. The summed E-state index contributed by atoms with van der Waals surface area (Å²) in [6, 6.07) is 14.3. The number of halogens is 1. The zero-order valence-electron chi connectivity index (χ0n) is 14.2. The summed E-state index contributed by atoms with van der Waals surface area (Å²) in [7, 11) is 0. The van der Waals surface area contributed by atoms with Gasteiger partial charge < -0.3 is 5.32 Å². The van der Waals surface area contributed by atoms with E-state index in [2.05, 4.69) is 59.4 Å². The van der Waals surface area contributed by atoms with Crippen LogP contribution in [0, 0.1) is 12.8 Å². The van der Waals surface area contributed by atoms with Gasteiger partial charge >= 0.3 is 0 Å². The van der Waals surface area contributed by atoms with Crippen molar-refractivity contribution < 1.29 is 4.79 Å². The second-order valence-electron chi connectivity index (χ2n) is 6.51. The number of anilines is 1. The number of benzene rings is 2. The molecule has 0 aromatic heterocycles. The number of amides is 1. The number of carbonyl (C=O) groups excluding carboxylic acids is 1. The molecule has 2 aromatic rings. The van der Waals surface area contributed by atoms with Gasteiger partial charge in [0.1, 0.15) is 0 Å². The Balaban J connectivity index is 2.07. The third-order valence-corrected chi connectivity index (χ3v) is 4.46. The lowest BCUT2D eigenvalue weighted by atomic mass is 9.96. The van der Waals surface area contributed by atoms with Gasteiger partial charge in [-0.3, -0.25) is 4.79 Å². The van der Waals surface area contributed by atoms with Gasteiger partial charge in [-0.1, -0.05) is 54.0 Å². The highest BCUT2D eigenvalue weighted by molar-refractivity contribution is 9.10. The van der Waals surface area contributed by atoms with E-state index < -0.39 is 0 Å². The summed E-state index contributed by atoms with van der Waals surface area (Å²) in [5.41, 5.74) is 4.28. The van der Waals surface area contributed by atoms with Crippen LogP contribution in [0.25, 0.3) is 0 Å². The Bertz CT molecular complexity index is 677. The van der Waals surface area contributed by atoms with Crippen LogP contribution in [0.3, 0.4) is 0 Å². The highest BCUT2D eigenvalue weighted by Crippen LogP contribution is 2.23.